The highest BCUT2D eigenvalue weighted by Crippen LogP contribution is 2.43. The van der Waals surface area contributed by atoms with Crippen LogP contribution in [0.4, 0.5) is 10.6 Å². The van der Waals surface area contributed by atoms with Gasteiger partial charge >= 0.3 is 6.09 Å². The van der Waals surface area contributed by atoms with E-state index in [0.717, 1.165) is 0 Å². The number of anilines is 1. The topological polar surface area (TPSA) is 80.2 Å². The van der Waals surface area contributed by atoms with Crippen LogP contribution in [-0.2, 0) is 0 Å². The van der Waals surface area contributed by atoms with Crippen LogP contribution in [0.5, 0.6) is 5.75 Å². The lowest BCUT2D eigenvalue weighted by Gasteiger charge is -2.25. The minimum atomic E-state index is -0.674. The summed E-state index contributed by atoms with van der Waals surface area (Å²) in [4.78, 5) is 26.9. The van der Waals surface area contributed by atoms with Crippen molar-refractivity contribution in [2.75, 3.05) is 19.4 Å². The minimum absolute atomic E-state index is 0.234. The first kappa shape index (κ1) is 23.0. The fraction of sp³-hybridized carbons (Fsp3) is 0.130. The average Bonchev–Trinajstić information content (AvgIpc) is 2.82. The molecule has 1 amide bonds. The van der Waals surface area contributed by atoms with Crippen LogP contribution in [0.25, 0.3) is 10.9 Å². The monoisotopic (exact) mass is 501 g/mol. The third-order valence-electron chi connectivity index (χ3n) is 4.82. The number of nitrogens with one attached hydrogen (secondary N) is 1. The molecule has 0 bridgehead atoms. The number of carbonyl (C=O) groups is 1. The molecule has 3 heterocycles. The summed E-state index contributed by atoms with van der Waals surface area (Å²) >= 11 is 19.5. The van der Waals surface area contributed by atoms with Gasteiger partial charge in [0.2, 0.25) is 0 Å². The van der Waals surface area contributed by atoms with E-state index in [2.05, 4.69) is 20.3 Å². The van der Waals surface area contributed by atoms with Crippen LogP contribution >= 0.6 is 34.8 Å². The van der Waals surface area contributed by atoms with Crippen molar-refractivity contribution in [2.45, 2.75) is 6.04 Å². The molecule has 1 aromatic carbocycles. The lowest BCUT2D eigenvalue weighted by atomic mass is 9.97. The lowest BCUT2D eigenvalue weighted by Crippen LogP contribution is -2.26. The van der Waals surface area contributed by atoms with Gasteiger partial charge in [0.1, 0.15) is 11.3 Å². The van der Waals surface area contributed by atoms with Gasteiger partial charge in [-0.3, -0.25) is 9.97 Å². The predicted molar refractivity (Wildman–Crippen MR) is 130 cm³/mol. The largest absolute Gasteiger partial charge is 0.414 e. The molecule has 0 spiro atoms. The number of halogens is 3. The molecule has 1 atom stereocenters. The summed E-state index contributed by atoms with van der Waals surface area (Å²) in [7, 11) is 3.18. The van der Waals surface area contributed by atoms with E-state index < -0.39 is 12.1 Å². The van der Waals surface area contributed by atoms with Gasteiger partial charge in [-0.1, -0.05) is 40.9 Å². The van der Waals surface area contributed by atoms with Gasteiger partial charge in [0, 0.05) is 55.4 Å². The van der Waals surface area contributed by atoms with Gasteiger partial charge in [0.25, 0.3) is 0 Å². The molecule has 0 aliphatic carbocycles. The fourth-order valence-electron chi connectivity index (χ4n) is 3.25. The van der Waals surface area contributed by atoms with Crippen LogP contribution in [0.1, 0.15) is 17.2 Å². The lowest BCUT2D eigenvalue weighted by molar-refractivity contribution is 0.172. The summed E-state index contributed by atoms with van der Waals surface area (Å²) in [6.45, 7) is 0. The Labute approximate surface area is 205 Å². The number of pyridine rings is 3. The highest BCUT2D eigenvalue weighted by molar-refractivity contribution is 6.42. The molecular weight excluding hydrogens is 485 g/mol. The zero-order chi connectivity index (χ0) is 23.5. The van der Waals surface area contributed by atoms with Crippen molar-refractivity contribution in [3.8, 4) is 5.75 Å². The van der Waals surface area contributed by atoms with Crippen molar-refractivity contribution in [3.63, 3.8) is 0 Å². The highest BCUT2D eigenvalue weighted by atomic mass is 35.5. The second kappa shape index (κ2) is 9.79. The number of ether oxygens (including phenoxy) is 1. The van der Waals surface area contributed by atoms with Crippen molar-refractivity contribution in [1.82, 2.24) is 19.9 Å². The number of amides is 1. The van der Waals surface area contributed by atoms with E-state index in [1.165, 1.54) is 11.1 Å². The first-order valence-corrected chi connectivity index (χ1v) is 10.9. The van der Waals surface area contributed by atoms with Crippen LogP contribution in [0.15, 0.2) is 61.2 Å². The molecular formula is C23H18Cl3N5O2. The number of hydrogen-bond acceptors (Lipinski definition) is 6. The number of hydrogen-bond donors (Lipinski definition) is 1. The number of carbonyl (C=O) groups excluding carboxylic acids is 1. The SMILES string of the molecule is CN(C)C(=O)Oc1c(C(Nc2ccccn2)c2cncc(Cl)c2Cl)cc(Cl)c2cccnc12. The maximum absolute atomic E-state index is 12.6. The fourth-order valence-corrected chi connectivity index (χ4v) is 3.89. The van der Waals surface area contributed by atoms with Gasteiger partial charge in [-0.25, -0.2) is 9.78 Å². The molecule has 0 radical (unpaired) electrons. The zero-order valence-corrected chi connectivity index (χ0v) is 19.9. The smallest absolute Gasteiger partial charge is 0.407 e. The molecule has 1 unspecified atom stereocenters. The third-order valence-corrected chi connectivity index (χ3v) is 5.94. The number of benzene rings is 1. The van der Waals surface area contributed by atoms with E-state index in [1.807, 2.05) is 6.07 Å². The Morgan fingerprint density at radius 2 is 1.79 bits per heavy atom. The Balaban J connectivity index is 1.99. The maximum atomic E-state index is 12.6. The zero-order valence-electron chi connectivity index (χ0n) is 17.6. The van der Waals surface area contributed by atoms with Crippen molar-refractivity contribution >= 4 is 57.6 Å². The van der Waals surface area contributed by atoms with Crippen LogP contribution < -0.4 is 10.1 Å². The molecule has 0 aliphatic heterocycles. The van der Waals surface area contributed by atoms with Gasteiger partial charge in [0.15, 0.2) is 5.75 Å². The molecule has 7 nitrogen and oxygen atoms in total. The maximum Gasteiger partial charge on any atom is 0.414 e. The normalized spacial score (nSPS) is 11.8. The van der Waals surface area contributed by atoms with E-state index >= 15 is 0 Å². The summed E-state index contributed by atoms with van der Waals surface area (Å²) in [6, 6.07) is 10.0. The van der Waals surface area contributed by atoms with Gasteiger partial charge in [-0.15, -0.1) is 0 Å². The molecule has 33 heavy (non-hydrogen) atoms. The van der Waals surface area contributed by atoms with E-state index in [-0.39, 0.29) is 10.8 Å². The summed E-state index contributed by atoms with van der Waals surface area (Å²) in [5.41, 5.74) is 1.48. The average molecular weight is 503 g/mol. The quantitative estimate of drug-likeness (QED) is 0.347. The van der Waals surface area contributed by atoms with Crippen molar-refractivity contribution in [1.29, 1.82) is 0 Å². The predicted octanol–water partition coefficient (Wildman–Crippen LogP) is 6.25. The standard InChI is InChI=1S/C23H18Cl3N5O2/c1-31(2)23(32)33-22-14(10-16(24)13-6-5-9-29-21(13)22)20(30-18-7-3-4-8-28-18)15-11-27-12-17(25)19(15)26/h3-12,20H,1-2H3,(H,28,30). The van der Waals surface area contributed by atoms with Crippen LogP contribution in [0.3, 0.4) is 0 Å². The van der Waals surface area contributed by atoms with Crippen molar-refractivity contribution in [2.24, 2.45) is 0 Å². The molecule has 0 saturated heterocycles. The summed E-state index contributed by atoms with van der Waals surface area (Å²) in [6.07, 6.45) is 5.72. The molecule has 0 fully saturated rings. The molecule has 4 aromatic rings. The summed E-state index contributed by atoms with van der Waals surface area (Å²) < 4.78 is 5.79. The molecule has 1 N–H and O–H groups in total. The van der Waals surface area contributed by atoms with Crippen molar-refractivity contribution < 1.29 is 9.53 Å². The first-order chi connectivity index (χ1) is 15.9. The minimum Gasteiger partial charge on any atom is -0.407 e. The molecule has 10 heteroatoms. The second-order valence-electron chi connectivity index (χ2n) is 7.26. The molecule has 168 valence electrons. The molecule has 0 saturated carbocycles. The molecule has 4 rings (SSSR count). The molecule has 3 aromatic heterocycles. The Hall–Kier alpha value is -3.13. The highest BCUT2D eigenvalue weighted by Gasteiger charge is 2.27. The van der Waals surface area contributed by atoms with Crippen LogP contribution in [0, 0.1) is 0 Å². The Morgan fingerprint density at radius 1 is 1.00 bits per heavy atom. The first-order valence-electron chi connectivity index (χ1n) is 9.79. The van der Waals surface area contributed by atoms with Gasteiger partial charge in [0.05, 0.1) is 21.1 Å². The Morgan fingerprint density at radius 3 is 2.52 bits per heavy atom. The number of aromatic nitrogens is 3. The van der Waals surface area contributed by atoms with E-state index in [0.29, 0.717) is 37.9 Å². The van der Waals surface area contributed by atoms with Crippen molar-refractivity contribution in [3.05, 3.63) is 87.4 Å². The van der Waals surface area contributed by atoms with E-state index in [9.17, 15) is 4.79 Å². The molecule has 0 aliphatic rings. The Bertz CT molecular complexity index is 1320. The van der Waals surface area contributed by atoms with Gasteiger partial charge < -0.3 is 15.0 Å². The number of nitrogens with zero attached hydrogens (tertiary/aromatic N) is 4. The number of rotatable bonds is 5. The van der Waals surface area contributed by atoms with Crippen LogP contribution in [0.2, 0.25) is 15.1 Å². The summed E-state index contributed by atoms with van der Waals surface area (Å²) in [5, 5.41) is 4.96. The Kier molecular flexibility index (Phi) is 6.83. The summed E-state index contributed by atoms with van der Waals surface area (Å²) in [5.74, 6) is 0.791. The van der Waals surface area contributed by atoms with Crippen LogP contribution in [-0.4, -0.2) is 40.0 Å². The van der Waals surface area contributed by atoms with E-state index in [4.69, 9.17) is 39.5 Å². The number of fused-ring (bicyclic) bond motifs is 1. The van der Waals surface area contributed by atoms with Gasteiger partial charge in [-0.2, -0.15) is 0 Å². The second-order valence-corrected chi connectivity index (χ2v) is 8.45. The third kappa shape index (κ3) is 4.80. The van der Waals surface area contributed by atoms with E-state index in [1.54, 1.807) is 63.0 Å². The van der Waals surface area contributed by atoms with Gasteiger partial charge in [-0.05, 0) is 30.3 Å².